The van der Waals surface area contributed by atoms with E-state index in [0.29, 0.717) is 11.3 Å². The molecule has 0 saturated heterocycles. The number of aromatic nitrogens is 2. The number of nitrogen functional groups attached to an aromatic ring is 1. The number of anilines is 3. The molecule has 0 bridgehead atoms. The quantitative estimate of drug-likeness (QED) is 0.900. The number of hydrogen-bond acceptors (Lipinski definition) is 4. The Bertz CT molecular complexity index is 682. The van der Waals surface area contributed by atoms with Crippen LogP contribution >= 0.6 is 15.9 Å². The molecule has 0 aliphatic rings. The second-order valence-corrected chi connectivity index (χ2v) is 5.71. The van der Waals surface area contributed by atoms with Crippen molar-refractivity contribution in [1.29, 1.82) is 5.26 Å². The molecule has 1 heterocycles. The average Bonchev–Trinajstić information content (AvgIpc) is 2.68. The fourth-order valence-electron chi connectivity index (χ4n) is 1.95. The second-order valence-electron chi connectivity index (χ2n) is 4.86. The van der Waals surface area contributed by atoms with E-state index in [9.17, 15) is 0 Å². The minimum absolute atomic E-state index is 0.265. The number of nitrogens with zero attached hydrogens (tertiary/aromatic N) is 3. The first-order valence-corrected chi connectivity index (χ1v) is 7.02. The highest BCUT2D eigenvalue weighted by atomic mass is 79.9. The summed E-state index contributed by atoms with van der Waals surface area (Å²) in [6.07, 6.45) is 0. The smallest absolute Gasteiger partial charge is 0.152 e. The molecule has 0 spiro atoms. The van der Waals surface area contributed by atoms with Crippen LogP contribution in [0.15, 0.2) is 22.7 Å². The molecule has 20 heavy (non-hydrogen) atoms. The van der Waals surface area contributed by atoms with E-state index >= 15 is 0 Å². The average molecular weight is 334 g/mol. The number of nitrogens with two attached hydrogens (primary N) is 1. The zero-order chi connectivity index (χ0) is 14.9. The molecule has 2 rings (SSSR count). The summed E-state index contributed by atoms with van der Waals surface area (Å²) in [5.41, 5.74) is 9.11. The molecule has 6 heteroatoms. The highest BCUT2D eigenvalue weighted by molar-refractivity contribution is 9.10. The monoisotopic (exact) mass is 333 g/mol. The van der Waals surface area contributed by atoms with E-state index in [2.05, 4.69) is 46.3 Å². The Hall–Kier alpha value is -2.00. The Morgan fingerprint density at radius 1 is 1.45 bits per heavy atom. The van der Waals surface area contributed by atoms with Gasteiger partial charge in [0.1, 0.15) is 0 Å². The first kappa shape index (κ1) is 14.4. The normalized spacial score (nSPS) is 10.6. The van der Waals surface area contributed by atoms with E-state index in [0.717, 1.165) is 21.7 Å². The van der Waals surface area contributed by atoms with E-state index in [-0.39, 0.29) is 5.92 Å². The molecule has 3 N–H and O–H groups in total. The SMILES string of the molecule is CC(C)c1nn(C)c(Nc2ccc(C#N)cc2Br)c1N. The van der Waals surface area contributed by atoms with Crippen molar-refractivity contribution in [2.45, 2.75) is 19.8 Å². The summed E-state index contributed by atoms with van der Waals surface area (Å²) in [4.78, 5) is 0. The zero-order valence-electron chi connectivity index (χ0n) is 11.6. The molecule has 2 aromatic rings. The minimum Gasteiger partial charge on any atom is -0.394 e. The molecular weight excluding hydrogens is 318 g/mol. The largest absolute Gasteiger partial charge is 0.394 e. The standard InChI is InChI=1S/C14H16BrN5/c1-8(2)13-12(17)14(20(3)19-13)18-11-5-4-9(7-16)6-10(11)15/h4-6,8,18H,17H2,1-3H3. The van der Waals surface area contributed by atoms with Crippen molar-refractivity contribution in [2.24, 2.45) is 7.05 Å². The highest BCUT2D eigenvalue weighted by Gasteiger charge is 2.16. The number of nitriles is 1. The molecule has 0 atom stereocenters. The molecule has 0 aliphatic carbocycles. The molecule has 104 valence electrons. The fourth-order valence-corrected chi connectivity index (χ4v) is 2.43. The lowest BCUT2D eigenvalue weighted by Gasteiger charge is -2.10. The Labute approximate surface area is 126 Å². The number of halogens is 1. The van der Waals surface area contributed by atoms with Gasteiger partial charge in [0.25, 0.3) is 0 Å². The lowest BCUT2D eigenvalue weighted by Crippen LogP contribution is -2.02. The van der Waals surface area contributed by atoms with Gasteiger partial charge in [0, 0.05) is 11.5 Å². The van der Waals surface area contributed by atoms with Gasteiger partial charge in [-0.3, -0.25) is 4.68 Å². The van der Waals surface area contributed by atoms with Crippen molar-refractivity contribution in [1.82, 2.24) is 9.78 Å². The Morgan fingerprint density at radius 3 is 2.65 bits per heavy atom. The maximum absolute atomic E-state index is 8.87. The molecule has 0 saturated carbocycles. The van der Waals surface area contributed by atoms with Crippen LogP contribution in [-0.2, 0) is 7.05 Å². The van der Waals surface area contributed by atoms with Gasteiger partial charge in [0.2, 0.25) is 0 Å². The summed E-state index contributed by atoms with van der Waals surface area (Å²) < 4.78 is 2.54. The molecule has 0 radical (unpaired) electrons. The number of benzene rings is 1. The van der Waals surface area contributed by atoms with Crippen LogP contribution in [0.4, 0.5) is 17.2 Å². The third kappa shape index (κ3) is 2.63. The highest BCUT2D eigenvalue weighted by Crippen LogP contribution is 2.32. The maximum Gasteiger partial charge on any atom is 0.152 e. The Kier molecular flexibility index (Phi) is 4.00. The predicted octanol–water partition coefficient (Wildman–Crippen LogP) is 3.50. The summed E-state index contributed by atoms with van der Waals surface area (Å²) in [6.45, 7) is 4.11. The van der Waals surface area contributed by atoms with Gasteiger partial charge in [-0.25, -0.2) is 0 Å². The summed E-state index contributed by atoms with van der Waals surface area (Å²) >= 11 is 3.45. The molecule has 5 nitrogen and oxygen atoms in total. The Balaban J connectivity index is 2.38. The summed E-state index contributed by atoms with van der Waals surface area (Å²) in [6, 6.07) is 7.45. The Morgan fingerprint density at radius 2 is 2.15 bits per heavy atom. The molecule has 0 fully saturated rings. The van der Waals surface area contributed by atoms with Gasteiger partial charge in [-0.05, 0) is 40.0 Å². The topological polar surface area (TPSA) is 79.7 Å². The molecule has 1 aromatic heterocycles. The van der Waals surface area contributed by atoms with Crippen LogP contribution < -0.4 is 11.1 Å². The van der Waals surface area contributed by atoms with E-state index in [1.54, 1.807) is 16.8 Å². The van der Waals surface area contributed by atoms with E-state index < -0.39 is 0 Å². The number of hydrogen-bond donors (Lipinski definition) is 2. The fraction of sp³-hybridized carbons (Fsp3) is 0.286. The van der Waals surface area contributed by atoms with Gasteiger partial charge in [-0.15, -0.1) is 0 Å². The van der Waals surface area contributed by atoms with Gasteiger partial charge in [0.05, 0.1) is 28.7 Å². The van der Waals surface area contributed by atoms with Crippen molar-refractivity contribution in [3.63, 3.8) is 0 Å². The van der Waals surface area contributed by atoms with Gasteiger partial charge in [-0.2, -0.15) is 10.4 Å². The van der Waals surface area contributed by atoms with E-state index in [1.807, 2.05) is 13.1 Å². The number of aryl methyl sites for hydroxylation is 1. The summed E-state index contributed by atoms with van der Waals surface area (Å²) in [5, 5.41) is 16.6. The first-order valence-electron chi connectivity index (χ1n) is 6.23. The third-order valence-corrected chi connectivity index (χ3v) is 3.67. The lowest BCUT2D eigenvalue weighted by molar-refractivity contribution is 0.718. The predicted molar refractivity (Wildman–Crippen MR) is 83.8 cm³/mol. The van der Waals surface area contributed by atoms with Crippen molar-refractivity contribution in [3.8, 4) is 6.07 Å². The van der Waals surface area contributed by atoms with Crippen LogP contribution in [0, 0.1) is 11.3 Å². The van der Waals surface area contributed by atoms with Crippen LogP contribution in [0.5, 0.6) is 0 Å². The van der Waals surface area contributed by atoms with Crippen LogP contribution in [0.3, 0.4) is 0 Å². The number of rotatable bonds is 3. The van der Waals surface area contributed by atoms with Crippen LogP contribution in [0.25, 0.3) is 0 Å². The van der Waals surface area contributed by atoms with E-state index in [1.165, 1.54) is 0 Å². The van der Waals surface area contributed by atoms with Crippen molar-refractivity contribution in [3.05, 3.63) is 33.9 Å². The minimum atomic E-state index is 0.265. The molecule has 1 aromatic carbocycles. The van der Waals surface area contributed by atoms with Crippen molar-refractivity contribution < 1.29 is 0 Å². The van der Waals surface area contributed by atoms with Crippen molar-refractivity contribution >= 4 is 33.1 Å². The molecule has 0 unspecified atom stereocenters. The first-order chi connectivity index (χ1) is 9.43. The zero-order valence-corrected chi connectivity index (χ0v) is 13.2. The second kappa shape index (κ2) is 5.55. The van der Waals surface area contributed by atoms with Crippen LogP contribution in [0.2, 0.25) is 0 Å². The van der Waals surface area contributed by atoms with Crippen molar-refractivity contribution in [2.75, 3.05) is 11.1 Å². The third-order valence-electron chi connectivity index (χ3n) is 3.01. The summed E-state index contributed by atoms with van der Waals surface area (Å²) in [5.74, 6) is 1.01. The summed E-state index contributed by atoms with van der Waals surface area (Å²) in [7, 11) is 1.85. The van der Waals surface area contributed by atoms with Crippen LogP contribution in [-0.4, -0.2) is 9.78 Å². The maximum atomic E-state index is 8.87. The van der Waals surface area contributed by atoms with Gasteiger partial charge < -0.3 is 11.1 Å². The van der Waals surface area contributed by atoms with Crippen LogP contribution in [0.1, 0.15) is 31.0 Å². The van der Waals surface area contributed by atoms with Gasteiger partial charge in [0.15, 0.2) is 5.82 Å². The van der Waals surface area contributed by atoms with E-state index in [4.69, 9.17) is 11.0 Å². The molecule has 0 aliphatic heterocycles. The number of nitrogens with one attached hydrogen (secondary N) is 1. The lowest BCUT2D eigenvalue weighted by atomic mass is 10.1. The van der Waals surface area contributed by atoms with Gasteiger partial charge in [-0.1, -0.05) is 13.8 Å². The molecule has 0 amide bonds. The van der Waals surface area contributed by atoms with Gasteiger partial charge >= 0.3 is 0 Å². The molecular formula is C14H16BrN5.